The Hall–Kier alpha value is -1.97. The van der Waals surface area contributed by atoms with Gasteiger partial charge in [0.25, 0.3) is 0 Å². The van der Waals surface area contributed by atoms with Crippen molar-refractivity contribution in [1.29, 1.82) is 0 Å². The first-order chi connectivity index (χ1) is 8.54. The van der Waals surface area contributed by atoms with E-state index in [0.29, 0.717) is 18.0 Å². The number of ether oxygens (including phenoxy) is 1. The van der Waals surface area contributed by atoms with Crippen LogP contribution in [0.15, 0.2) is 12.3 Å². The molecule has 2 rings (SSSR count). The van der Waals surface area contributed by atoms with Crippen LogP contribution in [0.3, 0.4) is 0 Å². The van der Waals surface area contributed by atoms with E-state index in [0.717, 1.165) is 22.0 Å². The Balaban J connectivity index is 2.70. The maximum atomic E-state index is 11.9. The van der Waals surface area contributed by atoms with E-state index in [1.807, 2.05) is 26.8 Å². The number of aryl methyl sites for hydroxylation is 3. The average molecular weight is 244 g/mol. The molecular formula is C14H16N2O2. The molecule has 1 heterocycles. The third-order valence-corrected chi connectivity index (χ3v) is 2.91. The maximum Gasteiger partial charge on any atom is 0.338 e. The molecule has 4 nitrogen and oxygen atoms in total. The minimum atomic E-state index is -0.286. The van der Waals surface area contributed by atoms with Crippen LogP contribution in [0.2, 0.25) is 0 Å². The Labute approximate surface area is 106 Å². The number of hydrogen-bond donors (Lipinski definition) is 0. The molecule has 0 saturated heterocycles. The predicted octanol–water partition coefficient (Wildman–Crippen LogP) is 2.73. The van der Waals surface area contributed by atoms with Crippen molar-refractivity contribution in [2.24, 2.45) is 0 Å². The number of benzene rings is 1. The first kappa shape index (κ1) is 12.5. The molecule has 0 atom stereocenters. The summed E-state index contributed by atoms with van der Waals surface area (Å²) in [5.74, 6) is 0.412. The van der Waals surface area contributed by atoms with Crippen LogP contribution < -0.4 is 0 Å². The lowest BCUT2D eigenvalue weighted by Gasteiger charge is -2.11. The van der Waals surface area contributed by atoms with Gasteiger partial charge in [-0.1, -0.05) is 0 Å². The van der Waals surface area contributed by atoms with Crippen molar-refractivity contribution in [2.75, 3.05) is 6.61 Å². The predicted molar refractivity (Wildman–Crippen MR) is 69.7 cm³/mol. The Morgan fingerprint density at radius 3 is 2.72 bits per heavy atom. The summed E-state index contributed by atoms with van der Waals surface area (Å²) in [6.45, 7) is 7.81. The lowest BCUT2D eigenvalue weighted by Crippen LogP contribution is -2.10. The third-order valence-electron chi connectivity index (χ3n) is 2.91. The number of nitrogens with zero attached hydrogens (tertiary/aromatic N) is 2. The normalized spacial score (nSPS) is 10.7. The first-order valence-corrected chi connectivity index (χ1v) is 5.95. The average Bonchev–Trinajstić information content (AvgIpc) is 2.31. The first-order valence-electron chi connectivity index (χ1n) is 5.95. The van der Waals surface area contributed by atoms with Gasteiger partial charge in [-0.3, -0.25) is 0 Å². The molecule has 0 N–H and O–H groups in total. The fourth-order valence-electron chi connectivity index (χ4n) is 2.12. The highest BCUT2D eigenvalue weighted by Gasteiger charge is 2.16. The van der Waals surface area contributed by atoms with E-state index in [1.165, 1.54) is 0 Å². The number of esters is 1. The Kier molecular flexibility index (Phi) is 3.28. The van der Waals surface area contributed by atoms with Crippen molar-refractivity contribution in [3.63, 3.8) is 0 Å². The highest BCUT2D eigenvalue weighted by atomic mass is 16.5. The lowest BCUT2D eigenvalue weighted by atomic mass is 9.99. The minimum absolute atomic E-state index is 0.286. The van der Waals surface area contributed by atoms with Crippen molar-refractivity contribution in [3.05, 3.63) is 34.8 Å². The molecule has 0 aliphatic carbocycles. The Bertz CT molecular complexity index is 621. The zero-order valence-electron chi connectivity index (χ0n) is 11.1. The molecule has 0 bridgehead atoms. The molecule has 0 spiro atoms. The van der Waals surface area contributed by atoms with E-state index in [2.05, 4.69) is 9.97 Å². The number of hydrogen-bond acceptors (Lipinski definition) is 4. The minimum Gasteiger partial charge on any atom is -0.462 e. The maximum absolute atomic E-state index is 11.9. The largest absolute Gasteiger partial charge is 0.462 e. The molecule has 0 aliphatic heterocycles. The van der Waals surface area contributed by atoms with Crippen molar-refractivity contribution in [3.8, 4) is 0 Å². The molecule has 0 fully saturated rings. The van der Waals surface area contributed by atoms with Crippen LogP contribution in [0.5, 0.6) is 0 Å². The highest BCUT2D eigenvalue weighted by Crippen LogP contribution is 2.24. The standard InChI is InChI=1S/C14H16N2O2/c1-5-18-14(17)12-8(2)6-11-7-15-10(4)16-13(11)9(12)3/h6-7H,5H2,1-4H3. The quantitative estimate of drug-likeness (QED) is 0.762. The molecule has 1 aromatic heterocycles. The number of aromatic nitrogens is 2. The van der Waals surface area contributed by atoms with Crippen LogP contribution in [0, 0.1) is 20.8 Å². The second-order valence-corrected chi connectivity index (χ2v) is 4.27. The van der Waals surface area contributed by atoms with Gasteiger partial charge in [-0.2, -0.15) is 0 Å². The molecule has 94 valence electrons. The summed E-state index contributed by atoms with van der Waals surface area (Å²) in [6.07, 6.45) is 1.78. The van der Waals surface area contributed by atoms with Gasteiger partial charge in [0.05, 0.1) is 17.7 Å². The monoisotopic (exact) mass is 244 g/mol. The fraction of sp³-hybridized carbons (Fsp3) is 0.357. The number of fused-ring (bicyclic) bond motifs is 1. The van der Waals surface area contributed by atoms with Gasteiger partial charge in [0, 0.05) is 11.6 Å². The Morgan fingerprint density at radius 1 is 1.33 bits per heavy atom. The summed E-state index contributed by atoms with van der Waals surface area (Å²) in [4.78, 5) is 20.5. The van der Waals surface area contributed by atoms with Crippen LogP contribution in [0.25, 0.3) is 10.9 Å². The van der Waals surface area contributed by atoms with Crippen molar-refractivity contribution in [2.45, 2.75) is 27.7 Å². The molecule has 0 aliphatic rings. The molecule has 4 heteroatoms. The summed E-state index contributed by atoms with van der Waals surface area (Å²) >= 11 is 0. The molecule has 0 unspecified atom stereocenters. The Morgan fingerprint density at radius 2 is 2.06 bits per heavy atom. The summed E-state index contributed by atoms with van der Waals surface area (Å²) in [5, 5.41) is 0.948. The van der Waals surface area contributed by atoms with E-state index in [4.69, 9.17) is 4.74 Å². The van der Waals surface area contributed by atoms with E-state index >= 15 is 0 Å². The van der Waals surface area contributed by atoms with Crippen LogP contribution in [0.4, 0.5) is 0 Å². The van der Waals surface area contributed by atoms with Gasteiger partial charge in [-0.15, -0.1) is 0 Å². The van der Waals surface area contributed by atoms with Gasteiger partial charge in [0.2, 0.25) is 0 Å². The van der Waals surface area contributed by atoms with Gasteiger partial charge in [0.1, 0.15) is 5.82 Å². The van der Waals surface area contributed by atoms with Gasteiger partial charge in [-0.05, 0) is 44.9 Å². The van der Waals surface area contributed by atoms with E-state index < -0.39 is 0 Å². The fourth-order valence-corrected chi connectivity index (χ4v) is 2.12. The molecule has 0 saturated carbocycles. The van der Waals surface area contributed by atoms with E-state index in [1.54, 1.807) is 13.1 Å². The molecule has 0 amide bonds. The van der Waals surface area contributed by atoms with E-state index in [9.17, 15) is 4.79 Å². The van der Waals surface area contributed by atoms with Crippen LogP contribution in [0.1, 0.15) is 34.2 Å². The topological polar surface area (TPSA) is 52.1 Å². The summed E-state index contributed by atoms with van der Waals surface area (Å²) < 4.78 is 5.09. The summed E-state index contributed by atoms with van der Waals surface area (Å²) in [7, 11) is 0. The molecule has 2 aromatic rings. The number of rotatable bonds is 2. The van der Waals surface area contributed by atoms with Crippen molar-refractivity contribution >= 4 is 16.9 Å². The summed E-state index contributed by atoms with van der Waals surface area (Å²) in [6, 6.07) is 1.92. The second-order valence-electron chi connectivity index (χ2n) is 4.27. The SMILES string of the molecule is CCOC(=O)c1c(C)cc2cnc(C)nc2c1C. The number of carbonyl (C=O) groups excluding carboxylic acids is 1. The second kappa shape index (κ2) is 4.72. The molecule has 0 radical (unpaired) electrons. The van der Waals surface area contributed by atoms with Gasteiger partial charge in [-0.25, -0.2) is 14.8 Å². The van der Waals surface area contributed by atoms with Crippen LogP contribution in [-0.2, 0) is 4.74 Å². The van der Waals surface area contributed by atoms with Gasteiger partial charge < -0.3 is 4.74 Å². The van der Waals surface area contributed by atoms with Crippen molar-refractivity contribution < 1.29 is 9.53 Å². The van der Waals surface area contributed by atoms with Gasteiger partial charge in [0.15, 0.2) is 0 Å². The summed E-state index contributed by atoms with van der Waals surface area (Å²) in [5.41, 5.74) is 3.18. The van der Waals surface area contributed by atoms with Crippen LogP contribution in [-0.4, -0.2) is 22.5 Å². The van der Waals surface area contributed by atoms with Gasteiger partial charge >= 0.3 is 5.97 Å². The van der Waals surface area contributed by atoms with Crippen molar-refractivity contribution in [1.82, 2.24) is 9.97 Å². The zero-order chi connectivity index (χ0) is 13.3. The zero-order valence-corrected chi connectivity index (χ0v) is 11.1. The van der Waals surface area contributed by atoms with Crippen LogP contribution >= 0.6 is 0 Å². The van der Waals surface area contributed by atoms with E-state index in [-0.39, 0.29) is 5.97 Å². The smallest absolute Gasteiger partial charge is 0.338 e. The molecule has 1 aromatic carbocycles. The highest BCUT2D eigenvalue weighted by molar-refractivity contribution is 5.98. The lowest BCUT2D eigenvalue weighted by molar-refractivity contribution is 0.0525. The molecular weight excluding hydrogens is 228 g/mol. The number of carbonyl (C=O) groups is 1. The molecule has 18 heavy (non-hydrogen) atoms. The third kappa shape index (κ3) is 2.06.